The summed E-state index contributed by atoms with van der Waals surface area (Å²) in [5.41, 5.74) is 0.405. The molecule has 3 aliphatic heterocycles. The van der Waals surface area contributed by atoms with Crippen LogP contribution in [-0.2, 0) is 23.9 Å². The molecule has 3 rings (SSSR count). The van der Waals surface area contributed by atoms with E-state index >= 15 is 0 Å². The lowest BCUT2D eigenvalue weighted by molar-refractivity contribution is -0.164. The van der Waals surface area contributed by atoms with Crippen molar-refractivity contribution in [3.05, 3.63) is 11.4 Å². The number of nitrogens with zero attached hydrogens (tertiary/aromatic N) is 2. The summed E-state index contributed by atoms with van der Waals surface area (Å²) < 4.78 is 5.54. The van der Waals surface area contributed by atoms with Crippen LogP contribution in [0, 0.1) is 0 Å². The Balaban J connectivity index is 1.67. The summed E-state index contributed by atoms with van der Waals surface area (Å²) in [6.07, 6.45) is 0.234. The van der Waals surface area contributed by atoms with Gasteiger partial charge in [-0.1, -0.05) is 19.6 Å². The van der Waals surface area contributed by atoms with E-state index in [1.54, 1.807) is 0 Å². The Kier molecular flexibility index (Phi) is 5.38. The van der Waals surface area contributed by atoms with Gasteiger partial charge in [0.15, 0.2) is 0 Å². The smallest absolute Gasteiger partial charge is 0.279 e. The van der Waals surface area contributed by atoms with Crippen molar-refractivity contribution in [2.45, 2.75) is 44.6 Å². The zero-order chi connectivity index (χ0) is 19.8. The number of imide groups is 2. The van der Waals surface area contributed by atoms with Gasteiger partial charge in [-0.2, -0.15) is 0 Å². The molecule has 10 heteroatoms. The highest BCUT2D eigenvalue weighted by Gasteiger charge is 2.48. The fourth-order valence-corrected chi connectivity index (χ4v) is 4.02. The molecule has 148 valence electrons. The van der Waals surface area contributed by atoms with Crippen molar-refractivity contribution >= 4 is 31.7 Å². The summed E-state index contributed by atoms with van der Waals surface area (Å²) in [7, 11) is -1.28. The standard InChI is InChI=1S/C17H26N4O5Si/c1-27(2,3)9-8-26-10-20-12(22)5-4-11(15(20)23)21-16(24)13-14(17(21)25)19-7-6-18-13/h11,18-19H,4-10H2,1-3H3. The van der Waals surface area contributed by atoms with Crippen LogP contribution < -0.4 is 10.6 Å². The number of amides is 4. The number of carbonyl (C=O) groups excluding carboxylic acids is 4. The number of carbonyl (C=O) groups is 4. The average molecular weight is 395 g/mol. The second-order valence-electron chi connectivity index (χ2n) is 8.15. The first-order valence-corrected chi connectivity index (χ1v) is 12.9. The van der Waals surface area contributed by atoms with E-state index in [9.17, 15) is 19.2 Å². The number of piperidine rings is 1. The van der Waals surface area contributed by atoms with E-state index in [-0.39, 0.29) is 36.9 Å². The predicted octanol–water partition coefficient (Wildman–Crippen LogP) is -0.410. The molecule has 3 heterocycles. The van der Waals surface area contributed by atoms with Gasteiger partial charge >= 0.3 is 0 Å². The number of hydrogen-bond donors (Lipinski definition) is 2. The fraction of sp³-hybridized carbons (Fsp3) is 0.647. The number of ether oxygens (including phenoxy) is 1. The number of likely N-dealkylation sites (tertiary alicyclic amines) is 1. The van der Waals surface area contributed by atoms with Crippen molar-refractivity contribution in [1.82, 2.24) is 20.4 Å². The number of hydrogen-bond acceptors (Lipinski definition) is 7. The molecule has 0 radical (unpaired) electrons. The van der Waals surface area contributed by atoms with Gasteiger partial charge in [-0.3, -0.25) is 29.0 Å². The van der Waals surface area contributed by atoms with E-state index in [0.29, 0.717) is 19.7 Å². The van der Waals surface area contributed by atoms with E-state index < -0.39 is 31.8 Å². The molecule has 0 spiro atoms. The predicted molar refractivity (Wildman–Crippen MR) is 98.7 cm³/mol. The van der Waals surface area contributed by atoms with Crippen LogP contribution in [0.25, 0.3) is 0 Å². The molecule has 4 amide bonds. The van der Waals surface area contributed by atoms with Crippen LogP contribution in [0.3, 0.4) is 0 Å². The lowest BCUT2D eigenvalue weighted by Crippen LogP contribution is -2.57. The van der Waals surface area contributed by atoms with Gasteiger partial charge in [0.1, 0.15) is 24.2 Å². The van der Waals surface area contributed by atoms with Gasteiger partial charge in [0.05, 0.1) is 0 Å². The molecule has 9 nitrogen and oxygen atoms in total. The lowest BCUT2D eigenvalue weighted by atomic mass is 10.0. The van der Waals surface area contributed by atoms with Gasteiger partial charge in [-0.05, 0) is 12.5 Å². The summed E-state index contributed by atoms with van der Waals surface area (Å²) in [4.78, 5) is 52.2. The van der Waals surface area contributed by atoms with Crippen LogP contribution >= 0.6 is 0 Å². The van der Waals surface area contributed by atoms with Gasteiger partial charge in [0, 0.05) is 34.2 Å². The first-order valence-electron chi connectivity index (χ1n) is 9.22. The summed E-state index contributed by atoms with van der Waals surface area (Å²) in [5, 5.41) is 5.83. The van der Waals surface area contributed by atoms with Crippen LogP contribution in [-0.4, -0.2) is 74.0 Å². The first kappa shape index (κ1) is 19.6. The maximum Gasteiger partial charge on any atom is 0.279 e. The molecule has 1 fully saturated rings. The molecule has 3 aliphatic rings. The number of rotatable bonds is 6. The van der Waals surface area contributed by atoms with E-state index in [1.165, 1.54) is 0 Å². The molecule has 0 bridgehead atoms. The molecule has 0 saturated carbocycles. The maximum absolute atomic E-state index is 12.8. The summed E-state index contributed by atoms with van der Waals surface area (Å²) in [6.45, 7) is 8.03. The molecule has 1 atom stereocenters. The number of nitrogens with one attached hydrogen (secondary N) is 2. The highest BCUT2D eigenvalue weighted by Crippen LogP contribution is 2.27. The van der Waals surface area contributed by atoms with Crippen molar-refractivity contribution in [2.75, 3.05) is 26.4 Å². The van der Waals surface area contributed by atoms with Crippen molar-refractivity contribution in [3.8, 4) is 0 Å². The summed E-state index contributed by atoms with van der Waals surface area (Å²) >= 11 is 0. The summed E-state index contributed by atoms with van der Waals surface area (Å²) in [5.74, 6) is -1.93. The van der Waals surface area contributed by atoms with Crippen LogP contribution in [0.15, 0.2) is 11.4 Å². The molecule has 0 aromatic carbocycles. The fourth-order valence-electron chi connectivity index (χ4n) is 3.26. The Labute approximate surface area is 159 Å². The summed E-state index contributed by atoms with van der Waals surface area (Å²) in [6, 6.07) is -0.0542. The Hall–Kier alpha value is -2.20. The second kappa shape index (κ2) is 7.43. The zero-order valence-corrected chi connectivity index (χ0v) is 17.0. The molecule has 27 heavy (non-hydrogen) atoms. The average Bonchev–Trinajstić information content (AvgIpc) is 2.85. The Morgan fingerprint density at radius 2 is 1.63 bits per heavy atom. The highest BCUT2D eigenvalue weighted by molar-refractivity contribution is 6.76. The van der Waals surface area contributed by atoms with Gasteiger partial charge in [0.25, 0.3) is 17.7 Å². The molecule has 0 aromatic rings. The van der Waals surface area contributed by atoms with Crippen LogP contribution in [0.4, 0.5) is 0 Å². The third kappa shape index (κ3) is 3.91. The topological polar surface area (TPSA) is 108 Å². The SMILES string of the molecule is C[Si](C)(C)CCOCN1C(=O)CCC(N2C(=O)C3=C(NCCN3)C2=O)C1=O. The largest absolute Gasteiger partial charge is 0.377 e. The van der Waals surface area contributed by atoms with Crippen molar-refractivity contribution in [1.29, 1.82) is 0 Å². The third-order valence-corrected chi connectivity index (χ3v) is 6.56. The Bertz CT molecular complexity index is 687. The van der Waals surface area contributed by atoms with E-state index in [4.69, 9.17) is 4.74 Å². The van der Waals surface area contributed by atoms with Crippen LogP contribution in [0.1, 0.15) is 12.8 Å². The molecular weight excluding hydrogens is 368 g/mol. The normalized spacial score (nSPS) is 23.6. The monoisotopic (exact) mass is 394 g/mol. The van der Waals surface area contributed by atoms with Gasteiger partial charge in [0.2, 0.25) is 5.91 Å². The molecule has 1 unspecified atom stereocenters. The molecule has 0 aromatic heterocycles. The molecule has 2 N–H and O–H groups in total. The first-order chi connectivity index (χ1) is 12.7. The third-order valence-electron chi connectivity index (χ3n) is 4.86. The van der Waals surface area contributed by atoms with Crippen molar-refractivity contribution in [2.24, 2.45) is 0 Å². The van der Waals surface area contributed by atoms with Crippen molar-refractivity contribution < 1.29 is 23.9 Å². The van der Waals surface area contributed by atoms with E-state index in [1.807, 2.05) is 0 Å². The minimum absolute atomic E-state index is 0.0936. The maximum atomic E-state index is 12.8. The molecule has 1 saturated heterocycles. The zero-order valence-electron chi connectivity index (χ0n) is 16.0. The van der Waals surface area contributed by atoms with Crippen molar-refractivity contribution in [3.63, 3.8) is 0 Å². The molecular formula is C17H26N4O5Si. The van der Waals surface area contributed by atoms with E-state index in [2.05, 4.69) is 30.3 Å². The lowest BCUT2D eigenvalue weighted by Gasteiger charge is -2.34. The minimum atomic E-state index is -1.28. The highest BCUT2D eigenvalue weighted by atomic mass is 28.3. The Morgan fingerprint density at radius 3 is 2.19 bits per heavy atom. The minimum Gasteiger partial charge on any atom is -0.377 e. The van der Waals surface area contributed by atoms with E-state index in [0.717, 1.165) is 15.8 Å². The van der Waals surface area contributed by atoms with Gasteiger partial charge < -0.3 is 15.4 Å². The Morgan fingerprint density at radius 1 is 1.04 bits per heavy atom. The second-order valence-corrected chi connectivity index (χ2v) is 13.8. The van der Waals surface area contributed by atoms with Crippen LogP contribution in [0.2, 0.25) is 25.7 Å². The molecule has 0 aliphatic carbocycles. The van der Waals surface area contributed by atoms with Gasteiger partial charge in [-0.15, -0.1) is 0 Å². The quantitative estimate of drug-likeness (QED) is 0.358. The van der Waals surface area contributed by atoms with Gasteiger partial charge in [-0.25, -0.2) is 0 Å². The van der Waals surface area contributed by atoms with Crippen LogP contribution in [0.5, 0.6) is 0 Å².